The van der Waals surface area contributed by atoms with Gasteiger partial charge in [0.15, 0.2) is 11.5 Å². The van der Waals surface area contributed by atoms with E-state index in [0.717, 1.165) is 25.9 Å². The number of aryl methyl sites for hydroxylation is 1. The number of amides is 1. The molecule has 3 rings (SSSR count). The lowest BCUT2D eigenvalue weighted by molar-refractivity contribution is 0.0926. The number of hydrogen-bond donors (Lipinski definition) is 3. The number of rotatable bonds is 3. The molecule has 1 unspecified atom stereocenters. The van der Waals surface area contributed by atoms with Gasteiger partial charge in [0.2, 0.25) is 5.89 Å². The van der Waals surface area contributed by atoms with Crippen molar-refractivity contribution in [2.45, 2.75) is 25.8 Å². The first kappa shape index (κ1) is 14.5. The van der Waals surface area contributed by atoms with E-state index in [0.29, 0.717) is 17.3 Å². The third-order valence-corrected chi connectivity index (χ3v) is 3.58. The topological polar surface area (TPSA) is 119 Å². The number of anilines is 1. The molecule has 22 heavy (non-hydrogen) atoms. The SMILES string of the molecule is Cc1nc(C(=O)NC2CCCNC2)c(N)nc1-c1ncco1. The van der Waals surface area contributed by atoms with Crippen molar-refractivity contribution >= 4 is 11.7 Å². The molecule has 1 saturated heterocycles. The van der Waals surface area contributed by atoms with E-state index in [1.165, 1.54) is 12.5 Å². The molecule has 0 radical (unpaired) electrons. The zero-order valence-corrected chi connectivity index (χ0v) is 12.3. The summed E-state index contributed by atoms with van der Waals surface area (Å²) in [6, 6.07) is 0.0918. The van der Waals surface area contributed by atoms with Crippen LogP contribution in [-0.2, 0) is 0 Å². The van der Waals surface area contributed by atoms with Gasteiger partial charge in [-0.05, 0) is 26.3 Å². The first-order valence-electron chi connectivity index (χ1n) is 7.20. The van der Waals surface area contributed by atoms with Crippen molar-refractivity contribution in [3.8, 4) is 11.6 Å². The molecule has 0 aromatic carbocycles. The highest BCUT2D eigenvalue weighted by Gasteiger charge is 2.22. The van der Waals surface area contributed by atoms with Crippen LogP contribution in [0.3, 0.4) is 0 Å². The van der Waals surface area contributed by atoms with Gasteiger partial charge < -0.3 is 20.8 Å². The third kappa shape index (κ3) is 2.91. The van der Waals surface area contributed by atoms with Crippen molar-refractivity contribution in [3.63, 3.8) is 0 Å². The quantitative estimate of drug-likeness (QED) is 0.755. The van der Waals surface area contributed by atoms with Crippen molar-refractivity contribution in [3.05, 3.63) is 23.8 Å². The highest BCUT2D eigenvalue weighted by Crippen LogP contribution is 2.20. The van der Waals surface area contributed by atoms with Gasteiger partial charge >= 0.3 is 0 Å². The van der Waals surface area contributed by atoms with Gasteiger partial charge in [-0.3, -0.25) is 4.79 Å². The van der Waals surface area contributed by atoms with Crippen molar-refractivity contribution in [2.24, 2.45) is 0 Å². The number of nitrogens with zero attached hydrogens (tertiary/aromatic N) is 3. The molecule has 116 valence electrons. The Morgan fingerprint density at radius 1 is 1.50 bits per heavy atom. The fraction of sp³-hybridized carbons (Fsp3) is 0.429. The van der Waals surface area contributed by atoms with E-state index in [4.69, 9.17) is 10.2 Å². The second kappa shape index (κ2) is 6.10. The average molecular weight is 302 g/mol. The van der Waals surface area contributed by atoms with Crippen LogP contribution >= 0.6 is 0 Å². The van der Waals surface area contributed by atoms with Crippen LogP contribution in [0.25, 0.3) is 11.6 Å². The number of nitrogen functional groups attached to an aromatic ring is 1. The fourth-order valence-electron chi connectivity index (χ4n) is 2.47. The van der Waals surface area contributed by atoms with Gasteiger partial charge in [-0.1, -0.05) is 0 Å². The molecular weight excluding hydrogens is 284 g/mol. The summed E-state index contributed by atoms with van der Waals surface area (Å²) in [5.41, 5.74) is 7.01. The maximum Gasteiger partial charge on any atom is 0.273 e. The summed E-state index contributed by atoms with van der Waals surface area (Å²) >= 11 is 0. The van der Waals surface area contributed by atoms with Gasteiger partial charge in [-0.15, -0.1) is 0 Å². The first-order chi connectivity index (χ1) is 10.6. The minimum Gasteiger partial charge on any atom is -0.443 e. The second-order valence-corrected chi connectivity index (χ2v) is 5.25. The van der Waals surface area contributed by atoms with Gasteiger partial charge in [-0.2, -0.15) is 0 Å². The Morgan fingerprint density at radius 2 is 2.36 bits per heavy atom. The lowest BCUT2D eigenvalue weighted by Crippen LogP contribution is -2.46. The van der Waals surface area contributed by atoms with Gasteiger partial charge in [-0.25, -0.2) is 15.0 Å². The highest BCUT2D eigenvalue weighted by molar-refractivity contribution is 5.96. The Labute approximate surface area is 127 Å². The van der Waals surface area contributed by atoms with E-state index in [2.05, 4.69) is 25.6 Å². The van der Waals surface area contributed by atoms with E-state index < -0.39 is 0 Å². The molecule has 1 aliphatic heterocycles. The monoisotopic (exact) mass is 302 g/mol. The number of carbonyl (C=O) groups is 1. The standard InChI is InChI=1S/C14H18N6O2/c1-8-10(14-17-5-6-22-14)20-12(15)11(18-8)13(21)19-9-3-2-4-16-7-9/h5-6,9,16H,2-4,7H2,1H3,(H2,15,20)(H,19,21). The van der Waals surface area contributed by atoms with Crippen LogP contribution in [-0.4, -0.2) is 40.0 Å². The van der Waals surface area contributed by atoms with Crippen LogP contribution in [0.15, 0.2) is 16.9 Å². The number of carbonyl (C=O) groups excluding carboxylic acids is 1. The molecule has 1 aliphatic rings. The van der Waals surface area contributed by atoms with Crippen molar-refractivity contribution < 1.29 is 9.21 Å². The Kier molecular flexibility index (Phi) is 4.01. The van der Waals surface area contributed by atoms with Gasteiger partial charge in [0, 0.05) is 12.6 Å². The van der Waals surface area contributed by atoms with Crippen LogP contribution in [0.2, 0.25) is 0 Å². The van der Waals surface area contributed by atoms with Crippen molar-refractivity contribution in [1.29, 1.82) is 0 Å². The lowest BCUT2D eigenvalue weighted by atomic mass is 10.1. The number of nitrogens with two attached hydrogens (primary N) is 1. The van der Waals surface area contributed by atoms with E-state index in [1.807, 2.05) is 0 Å². The number of hydrogen-bond acceptors (Lipinski definition) is 7. The smallest absolute Gasteiger partial charge is 0.273 e. The summed E-state index contributed by atoms with van der Waals surface area (Å²) in [4.78, 5) is 24.8. The summed E-state index contributed by atoms with van der Waals surface area (Å²) in [7, 11) is 0. The Balaban J connectivity index is 1.82. The van der Waals surface area contributed by atoms with Crippen LogP contribution in [0, 0.1) is 6.92 Å². The zero-order valence-electron chi connectivity index (χ0n) is 12.3. The van der Waals surface area contributed by atoms with Gasteiger partial charge in [0.25, 0.3) is 5.91 Å². The molecule has 0 bridgehead atoms. The van der Waals surface area contributed by atoms with Crippen LogP contribution in [0.1, 0.15) is 29.0 Å². The van der Waals surface area contributed by atoms with Crippen LogP contribution in [0.4, 0.5) is 5.82 Å². The summed E-state index contributed by atoms with van der Waals surface area (Å²) < 4.78 is 5.20. The van der Waals surface area contributed by atoms with E-state index in [9.17, 15) is 4.79 Å². The first-order valence-corrected chi connectivity index (χ1v) is 7.20. The Hall–Kier alpha value is -2.48. The fourth-order valence-corrected chi connectivity index (χ4v) is 2.47. The van der Waals surface area contributed by atoms with E-state index >= 15 is 0 Å². The molecule has 0 aliphatic carbocycles. The maximum absolute atomic E-state index is 12.3. The molecule has 4 N–H and O–H groups in total. The predicted octanol–water partition coefficient (Wildman–Crippen LogP) is 0.504. The zero-order chi connectivity index (χ0) is 15.5. The van der Waals surface area contributed by atoms with Crippen LogP contribution in [0.5, 0.6) is 0 Å². The lowest BCUT2D eigenvalue weighted by Gasteiger charge is -2.23. The van der Waals surface area contributed by atoms with Crippen molar-refractivity contribution in [2.75, 3.05) is 18.8 Å². The maximum atomic E-state index is 12.3. The van der Waals surface area contributed by atoms with Crippen molar-refractivity contribution in [1.82, 2.24) is 25.6 Å². The predicted molar refractivity (Wildman–Crippen MR) is 80.0 cm³/mol. The molecule has 3 heterocycles. The second-order valence-electron chi connectivity index (χ2n) is 5.25. The van der Waals surface area contributed by atoms with Gasteiger partial charge in [0.05, 0.1) is 11.9 Å². The normalized spacial score (nSPS) is 18.1. The molecule has 1 atom stereocenters. The minimum absolute atomic E-state index is 0.0695. The number of oxazole rings is 1. The summed E-state index contributed by atoms with van der Waals surface area (Å²) in [6.45, 7) is 3.48. The largest absolute Gasteiger partial charge is 0.443 e. The number of piperidine rings is 1. The van der Waals surface area contributed by atoms with E-state index in [1.54, 1.807) is 6.92 Å². The summed E-state index contributed by atoms with van der Waals surface area (Å²) in [5, 5.41) is 6.18. The molecule has 0 spiro atoms. The summed E-state index contributed by atoms with van der Waals surface area (Å²) in [5.74, 6) is 0.0981. The number of nitrogens with one attached hydrogen (secondary N) is 2. The minimum atomic E-state index is -0.305. The molecular formula is C14H18N6O2. The Morgan fingerprint density at radius 3 is 3.05 bits per heavy atom. The molecule has 8 nitrogen and oxygen atoms in total. The summed E-state index contributed by atoms with van der Waals surface area (Å²) in [6.07, 6.45) is 4.94. The highest BCUT2D eigenvalue weighted by atomic mass is 16.3. The average Bonchev–Trinajstić information content (AvgIpc) is 3.04. The molecule has 2 aromatic rings. The van der Waals surface area contributed by atoms with Gasteiger partial charge in [0.1, 0.15) is 12.0 Å². The third-order valence-electron chi connectivity index (χ3n) is 3.58. The van der Waals surface area contributed by atoms with Crippen LogP contribution < -0.4 is 16.4 Å². The molecule has 8 heteroatoms. The Bertz CT molecular complexity index is 664. The molecule has 1 fully saturated rings. The number of aromatic nitrogens is 3. The molecule has 0 saturated carbocycles. The molecule has 1 amide bonds. The molecule has 2 aromatic heterocycles. The van der Waals surface area contributed by atoms with E-state index in [-0.39, 0.29) is 23.5 Å².